The van der Waals surface area contributed by atoms with Gasteiger partial charge in [0.05, 0.1) is 5.75 Å². The van der Waals surface area contributed by atoms with Gasteiger partial charge >= 0.3 is 17.4 Å². The molecule has 0 aliphatic carbocycles. The molecule has 14 heteroatoms. The fraction of sp³-hybridized carbons (Fsp3) is 0.571. The lowest BCUT2D eigenvalue weighted by atomic mass is 10.0. The van der Waals surface area contributed by atoms with E-state index in [0.29, 0.717) is 0 Å². The van der Waals surface area contributed by atoms with Crippen LogP contribution < -0.4 is 5.32 Å². The third kappa shape index (κ3) is 4.91. The molecule has 2 amide bonds. The molecule has 0 bridgehead atoms. The van der Waals surface area contributed by atoms with Gasteiger partial charge in [-0.3, -0.25) is 19.3 Å². The molecule has 0 aromatic heterocycles. The second kappa shape index (κ2) is 8.61. The van der Waals surface area contributed by atoms with E-state index in [1.807, 2.05) is 0 Å². The Morgan fingerprint density at radius 2 is 2.07 bits per heavy atom. The Labute approximate surface area is 165 Å². The zero-order chi connectivity index (χ0) is 21.2. The predicted molar refractivity (Wildman–Crippen MR) is 90.8 cm³/mol. The Morgan fingerprint density at radius 3 is 2.57 bits per heavy atom. The number of β-lactam (4-membered cyclic amide) rings is 1. The van der Waals surface area contributed by atoms with E-state index in [9.17, 15) is 37.5 Å². The maximum absolute atomic E-state index is 12.3. The Morgan fingerprint density at radius 1 is 1.43 bits per heavy atom. The van der Waals surface area contributed by atoms with Gasteiger partial charge in [0.1, 0.15) is 17.1 Å². The van der Waals surface area contributed by atoms with E-state index in [2.05, 4.69) is 5.32 Å². The lowest BCUT2D eigenvalue weighted by Crippen LogP contribution is -2.71. The van der Waals surface area contributed by atoms with Gasteiger partial charge in [0.25, 0.3) is 5.91 Å². The van der Waals surface area contributed by atoms with E-state index in [-0.39, 0.29) is 11.3 Å². The maximum atomic E-state index is 12.3. The topological polar surface area (TPSA) is 122 Å². The number of nitrogens with zero attached hydrogens (tertiary/aromatic N) is 1. The van der Waals surface area contributed by atoms with Crippen LogP contribution in [0.4, 0.5) is 13.2 Å². The van der Waals surface area contributed by atoms with Crippen LogP contribution in [0, 0.1) is 0 Å². The fourth-order valence-electron chi connectivity index (χ4n) is 2.60. The summed E-state index contributed by atoms with van der Waals surface area (Å²) in [6, 6.07) is -1.16. The van der Waals surface area contributed by atoms with Gasteiger partial charge < -0.3 is 19.9 Å². The van der Waals surface area contributed by atoms with Gasteiger partial charge in [-0.25, -0.2) is 4.79 Å². The van der Waals surface area contributed by atoms with Crippen LogP contribution in [0.2, 0.25) is 0 Å². The number of hydrogen-bond donors (Lipinski definition) is 2. The summed E-state index contributed by atoms with van der Waals surface area (Å²) in [6.07, 6.45) is -1.32. The van der Waals surface area contributed by atoms with Gasteiger partial charge in [0, 0.05) is 25.4 Å². The van der Waals surface area contributed by atoms with Crippen LogP contribution in [0.5, 0.6) is 0 Å². The van der Waals surface area contributed by atoms with Crippen molar-refractivity contribution in [3.05, 3.63) is 11.3 Å². The van der Waals surface area contributed by atoms with Crippen molar-refractivity contribution in [1.29, 1.82) is 0 Å². The van der Waals surface area contributed by atoms with Crippen LogP contribution in [-0.2, 0) is 28.7 Å². The number of thioether (sulfide) groups is 2. The second-order valence-electron chi connectivity index (χ2n) is 5.55. The number of carbonyl (C=O) groups excluding carboxylic acids is 3. The van der Waals surface area contributed by atoms with Gasteiger partial charge in [-0.05, 0) is 11.8 Å². The van der Waals surface area contributed by atoms with Gasteiger partial charge in [0.2, 0.25) is 12.2 Å². The number of amides is 2. The average Bonchev–Trinajstić information content (AvgIpc) is 2.60. The number of carbonyl (C=O) groups is 4. The van der Waals surface area contributed by atoms with E-state index in [1.165, 1.54) is 7.11 Å². The minimum atomic E-state index is -4.59. The summed E-state index contributed by atoms with van der Waals surface area (Å²) in [4.78, 5) is 47.7. The molecule has 1 saturated heterocycles. The highest BCUT2D eigenvalue weighted by atomic mass is 32.2. The van der Waals surface area contributed by atoms with Crippen molar-refractivity contribution in [3.63, 3.8) is 0 Å². The molecule has 0 spiro atoms. The Bertz CT molecular complexity index is 728. The molecular weight excluding hydrogens is 429 g/mol. The molecule has 28 heavy (non-hydrogen) atoms. The predicted octanol–water partition coefficient (Wildman–Crippen LogP) is 0.514. The lowest BCUT2D eigenvalue weighted by Gasteiger charge is -2.49. The number of halogens is 3. The SMILES string of the molecule is COC(OC(C)=O)C1=C(C(=O)O)N2C(=O)[C@@H](NC(=O)CSC(F)(F)F)[C@H]2SC1. The van der Waals surface area contributed by atoms with Crippen molar-refractivity contribution >= 4 is 47.3 Å². The largest absolute Gasteiger partial charge is 0.477 e. The molecule has 0 saturated carbocycles. The molecule has 9 nitrogen and oxygen atoms in total. The van der Waals surface area contributed by atoms with Gasteiger partial charge in [0.15, 0.2) is 0 Å². The first-order valence-corrected chi connectivity index (χ1v) is 9.60. The molecule has 0 aromatic rings. The van der Waals surface area contributed by atoms with E-state index in [4.69, 9.17) is 9.47 Å². The summed E-state index contributed by atoms with van der Waals surface area (Å²) in [6.45, 7) is 1.10. The third-order valence-corrected chi connectivity index (χ3v) is 5.69. The lowest BCUT2D eigenvalue weighted by molar-refractivity contribution is -0.165. The number of esters is 1. The number of carboxylic acid groups (broad SMARTS) is 1. The van der Waals surface area contributed by atoms with Crippen LogP contribution in [0.25, 0.3) is 0 Å². The summed E-state index contributed by atoms with van der Waals surface area (Å²) >= 11 is 0.514. The van der Waals surface area contributed by atoms with E-state index in [0.717, 1.165) is 23.6 Å². The number of ether oxygens (including phenoxy) is 2. The fourth-order valence-corrected chi connectivity index (χ4v) is 4.33. The minimum absolute atomic E-state index is 0.00549. The Kier molecular flexibility index (Phi) is 6.88. The smallest absolute Gasteiger partial charge is 0.442 e. The molecule has 0 aromatic carbocycles. The molecule has 2 N–H and O–H groups in total. The van der Waals surface area contributed by atoms with Crippen molar-refractivity contribution in [2.75, 3.05) is 18.6 Å². The van der Waals surface area contributed by atoms with E-state index in [1.54, 1.807) is 0 Å². The minimum Gasteiger partial charge on any atom is -0.477 e. The number of methoxy groups -OCH3 is 1. The number of aliphatic carboxylic acids is 1. The molecular formula is C14H15F3N2O7S2. The van der Waals surface area contributed by atoms with Crippen LogP contribution in [-0.4, -0.2) is 75.6 Å². The molecule has 0 radical (unpaired) electrons. The summed E-state index contributed by atoms with van der Waals surface area (Å²) in [5.41, 5.74) is -5.00. The maximum Gasteiger partial charge on any atom is 0.442 e. The van der Waals surface area contributed by atoms with Crippen molar-refractivity contribution < 1.29 is 46.9 Å². The zero-order valence-electron chi connectivity index (χ0n) is 14.4. The van der Waals surface area contributed by atoms with Crippen molar-refractivity contribution in [2.45, 2.75) is 30.1 Å². The van der Waals surface area contributed by atoms with Crippen LogP contribution in [0.3, 0.4) is 0 Å². The van der Waals surface area contributed by atoms with Crippen LogP contribution >= 0.6 is 23.5 Å². The first-order chi connectivity index (χ1) is 13.0. The highest BCUT2D eigenvalue weighted by molar-refractivity contribution is 8.00. The normalized spacial score (nSPS) is 22.9. The molecule has 3 atom stereocenters. The molecule has 2 aliphatic heterocycles. The number of carboxylic acids is 1. The third-order valence-electron chi connectivity index (χ3n) is 3.66. The van der Waals surface area contributed by atoms with E-state index >= 15 is 0 Å². The second-order valence-corrected chi connectivity index (χ2v) is 7.69. The van der Waals surface area contributed by atoms with Crippen molar-refractivity contribution in [3.8, 4) is 0 Å². The number of alkyl halides is 3. The highest BCUT2D eigenvalue weighted by Gasteiger charge is 2.55. The molecule has 1 fully saturated rings. The summed E-state index contributed by atoms with van der Waals surface area (Å²) < 4.78 is 46.4. The first-order valence-electron chi connectivity index (χ1n) is 7.57. The molecule has 2 rings (SSSR count). The molecule has 156 valence electrons. The summed E-state index contributed by atoms with van der Waals surface area (Å²) in [7, 11) is 1.19. The van der Waals surface area contributed by atoms with Gasteiger partial charge in [-0.2, -0.15) is 13.2 Å². The number of hydrogen-bond acceptors (Lipinski definition) is 8. The summed E-state index contributed by atoms with van der Waals surface area (Å²) in [5, 5.41) is 10.9. The van der Waals surface area contributed by atoms with Crippen LogP contribution in [0.15, 0.2) is 11.3 Å². The molecule has 1 unspecified atom stereocenters. The number of rotatable bonds is 7. The Hall–Kier alpha value is -1.93. The Balaban J connectivity index is 2.15. The summed E-state index contributed by atoms with van der Waals surface area (Å²) in [5.74, 6) is -4.91. The standard InChI is InChI=1S/C14H15F3N2O7S2/c1-5(20)26-13(25-2)6-3-27-11-8(10(22)19(11)9(6)12(23)24)18-7(21)4-28-14(15,16)17/h8,11,13H,3-4H2,1-2H3,(H,18,21)(H,23,24)/t8-,11-,13?/m1/s1. The zero-order valence-corrected chi connectivity index (χ0v) is 16.1. The first kappa shape index (κ1) is 22.4. The quantitative estimate of drug-likeness (QED) is 0.329. The van der Waals surface area contributed by atoms with Crippen LogP contribution in [0.1, 0.15) is 6.92 Å². The highest BCUT2D eigenvalue weighted by Crippen LogP contribution is 2.41. The number of nitrogens with one attached hydrogen (secondary N) is 1. The van der Waals surface area contributed by atoms with Crippen molar-refractivity contribution in [1.82, 2.24) is 10.2 Å². The average molecular weight is 444 g/mol. The molecule has 2 aliphatic rings. The monoisotopic (exact) mass is 444 g/mol. The molecule has 2 heterocycles. The van der Waals surface area contributed by atoms with E-state index < -0.39 is 70.2 Å². The van der Waals surface area contributed by atoms with Gasteiger partial charge in [-0.1, -0.05) is 0 Å². The van der Waals surface area contributed by atoms with Gasteiger partial charge in [-0.15, -0.1) is 11.8 Å². The number of fused-ring (bicyclic) bond motifs is 1. The van der Waals surface area contributed by atoms with Crippen molar-refractivity contribution in [2.24, 2.45) is 0 Å².